The van der Waals surface area contributed by atoms with Gasteiger partial charge in [-0.1, -0.05) is 35.8 Å². The fraction of sp³-hybridized carbons (Fsp3) is 0.429. The van der Waals surface area contributed by atoms with Crippen LogP contribution in [0.4, 0.5) is 4.79 Å². The number of aliphatic hydroxyl groups excluding tert-OH is 3. The Labute approximate surface area is 275 Å². The van der Waals surface area contributed by atoms with E-state index < -0.39 is 66.7 Å². The van der Waals surface area contributed by atoms with Gasteiger partial charge in [-0.2, -0.15) is 0 Å². The smallest absolute Gasteiger partial charge is 0.507 e. The number of aromatic hydroxyl groups is 1. The fourth-order valence-electron chi connectivity index (χ4n) is 6.60. The molecular formula is C35H33NO12. The van der Waals surface area contributed by atoms with Crippen LogP contribution in [-0.2, 0) is 35.0 Å². The summed E-state index contributed by atoms with van der Waals surface area (Å²) in [6.45, 7) is 3.10. The minimum atomic E-state index is -1.27. The lowest BCUT2D eigenvalue weighted by atomic mass is 9.97. The highest BCUT2D eigenvalue weighted by Crippen LogP contribution is 2.44. The summed E-state index contributed by atoms with van der Waals surface area (Å²) in [6.07, 6.45) is -5.78. The molecule has 250 valence electrons. The van der Waals surface area contributed by atoms with Gasteiger partial charge < -0.3 is 54.2 Å². The largest absolute Gasteiger partial charge is 0.508 e. The van der Waals surface area contributed by atoms with Gasteiger partial charge in [0, 0.05) is 17.4 Å². The van der Waals surface area contributed by atoms with Crippen molar-refractivity contribution in [3.63, 3.8) is 0 Å². The number of carbonyl (C=O) groups excluding carboxylic acids is 2. The van der Waals surface area contributed by atoms with Gasteiger partial charge in [0.1, 0.15) is 35.9 Å². The molecular weight excluding hydrogens is 626 g/mol. The van der Waals surface area contributed by atoms with Crippen molar-refractivity contribution >= 4 is 22.9 Å². The number of cyclic esters (lactones) is 2. The molecule has 3 fully saturated rings. The van der Waals surface area contributed by atoms with E-state index in [1.807, 2.05) is 6.92 Å². The van der Waals surface area contributed by atoms with Crippen molar-refractivity contribution in [2.24, 2.45) is 0 Å². The van der Waals surface area contributed by atoms with E-state index in [9.17, 15) is 30.0 Å². The van der Waals surface area contributed by atoms with E-state index in [1.54, 1.807) is 38.2 Å². The highest BCUT2D eigenvalue weighted by atomic mass is 16.8. The molecule has 9 atom stereocenters. The van der Waals surface area contributed by atoms with Gasteiger partial charge in [-0.25, -0.2) is 9.59 Å². The van der Waals surface area contributed by atoms with Gasteiger partial charge in [-0.3, -0.25) is 0 Å². The Kier molecular flexibility index (Phi) is 8.18. The van der Waals surface area contributed by atoms with E-state index >= 15 is 0 Å². The van der Waals surface area contributed by atoms with Crippen LogP contribution >= 0.6 is 0 Å². The number of rotatable bonds is 7. The van der Waals surface area contributed by atoms with Crippen molar-refractivity contribution < 1.29 is 58.4 Å². The monoisotopic (exact) mass is 659 g/mol. The zero-order valence-electron chi connectivity index (χ0n) is 26.2. The summed E-state index contributed by atoms with van der Waals surface area (Å²) in [5.41, 5.74) is 0.702. The fourth-order valence-corrected chi connectivity index (χ4v) is 6.60. The number of carbonyl (C=O) groups is 2. The Morgan fingerprint density at radius 2 is 2.00 bits per heavy atom. The Hall–Kier alpha value is -4.44. The Balaban J connectivity index is 1.28. The van der Waals surface area contributed by atoms with Crippen molar-refractivity contribution in [2.75, 3.05) is 13.7 Å². The zero-order valence-corrected chi connectivity index (χ0v) is 26.2. The number of fused-ring (bicyclic) bond motifs is 3. The van der Waals surface area contributed by atoms with Crippen molar-refractivity contribution in [3.05, 3.63) is 63.9 Å². The first-order chi connectivity index (χ1) is 23.0. The van der Waals surface area contributed by atoms with Crippen LogP contribution in [0.1, 0.15) is 34.8 Å². The molecule has 13 heteroatoms. The zero-order chi connectivity index (χ0) is 33.9. The summed E-state index contributed by atoms with van der Waals surface area (Å²) >= 11 is 0. The van der Waals surface area contributed by atoms with E-state index in [4.69, 9.17) is 28.4 Å². The molecule has 2 aliphatic carbocycles. The second kappa shape index (κ2) is 12.2. The molecule has 7 rings (SSSR count). The third-order valence-electron chi connectivity index (χ3n) is 9.28. The van der Waals surface area contributed by atoms with Crippen molar-refractivity contribution in [2.45, 2.75) is 81.4 Å². The lowest BCUT2D eigenvalue weighted by Gasteiger charge is -2.42. The number of benzene rings is 2. The summed E-state index contributed by atoms with van der Waals surface area (Å²) in [7, 11) is 1.60. The number of likely N-dealkylation sites (N-methyl/N-ethyl adjacent to an activating group) is 1. The number of hydrogen-bond acceptors (Lipinski definition) is 13. The number of aryl methyl sites for hydroxylation is 1. The first-order valence-electron chi connectivity index (χ1n) is 15.5. The lowest BCUT2D eigenvalue weighted by Crippen LogP contribution is -2.62. The minimum absolute atomic E-state index is 0.0160. The van der Waals surface area contributed by atoms with Crippen LogP contribution in [0.5, 0.6) is 5.75 Å². The molecule has 3 aliphatic heterocycles. The third-order valence-corrected chi connectivity index (χ3v) is 9.28. The Morgan fingerprint density at radius 1 is 1.19 bits per heavy atom. The molecule has 2 aromatic rings. The summed E-state index contributed by atoms with van der Waals surface area (Å²) < 4.78 is 34.4. The van der Waals surface area contributed by atoms with Gasteiger partial charge in [-0.05, 0) is 55.6 Å². The molecule has 3 unspecified atom stereocenters. The van der Waals surface area contributed by atoms with Crippen LogP contribution in [0, 0.1) is 30.6 Å². The maximum Gasteiger partial charge on any atom is 0.508 e. The molecule has 0 saturated carbocycles. The summed E-state index contributed by atoms with van der Waals surface area (Å²) in [5, 5.41) is 45.9. The average Bonchev–Trinajstić information content (AvgIpc) is 3.38. The average molecular weight is 660 g/mol. The number of esters is 1. The number of epoxide rings is 1. The van der Waals surface area contributed by atoms with E-state index in [-0.39, 0.29) is 42.3 Å². The van der Waals surface area contributed by atoms with Crippen LogP contribution in [0.15, 0.2) is 47.2 Å². The molecule has 5 N–H and O–H groups in total. The topological polar surface area (TPSA) is 186 Å². The molecule has 3 saturated heterocycles. The molecule has 0 amide bonds. The van der Waals surface area contributed by atoms with Crippen LogP contribution in [0.2, 0.25) is 0 Å². The molecule has 0 bridgehead atoms. The predicted octanol–water partition coefficient (Wildman–Crippen LogP) is 1.22. The quantitative estimate of drug-likeness (QED) is 0.163. The maximum atomic E-state index is 13.9. The molecule has 13 nitrogen and oxygen atoms in total. The van der Waals surface area contributed by atoms with Gasteiger partial charge in [-0.15, -0.1) is 0 Å². The predicted molar refractivity (Wildman–Crippen MR) is 165 cm³/mol. The Morgan fingerprint density at radius 3 is 2.73 bits per heavy atom. The van der Waals surface area contributed by atoms with Gasteiger partial charge in [0.2, 0.25) is 5.60 Å². The Bertz CT molecular complexity index is 1900. The molecule has 2 aromatic carbocycles. The first kappa shape index (κ1) is 32.1. The second-order valence-electron chi connectivity index (χ2n) is 12.2. The molecule has 0 aromatic heterocycles. The number of phenolic OH excluding ortho intramolecular Hbond substituents is 1. The number of nitrogens with one attached hydrogen (secondary N) is 1. The van der Waals surface area contributed by atoms with Crippen molar-refractivity contribution in [3.8, 4) is 29.4 Å². The van der Waals surface area contributed by atoms with E-state index in [1.165, 1.54) is 6.07 Å². The number of hydrogen-bond donors (Lipinski definition) is 5. The molecule has 0 spiro atoms. The van der Waals surface area contributed by atoms with Gasteiger partial charge in [0.25, 0.3) is 0 Å². The van der Waals surface area contributed by atoms with Gasteiger partial charge in [0.15, 0.2) is 18.5 Å². The normalized spacial score (nSPS) is 33.4. The third kappa shape index (κ3) is 5.40. The van der Waals surface area contributed by atoms with Crippen LogP contribution in [0.25, 0.3) is 10.8 Å². The van der Waals surface area contributed by atoms with Crippen LogP contribution in [0.3, 0.4) is 0 Å². The summed E-state index contributed by atoms with van der Waals surface area (Å²) in [4.78, 5) is 25.7. The summed E-state index contributed by atoms with van der Waals surface area (Å²) in [6, 6.07) is 5.69. The van der Waals surface area contributed by atoms with Crippen LogP contribution in [-0.4, -0.2) is 101 Å². The molecule has 3 heterocycles. The standard InChI is InChI=1S/C35H33NO12/c1-16-11-18(14-37)12-22-19(16)7-8-23(38)28(22)32(41)45-24-13-25(46-33-29(36-3)31(40)30(39)17(2)44-33)20-5-4-6-26-35(48-26,10-9-21(20)24)27-15-43-34(42)47-27/h5,7-8,11-12,17,25-27,29-31,33,36-40H,13-15H2,1-3H3/t17?,25-,26+,27+,29?,30-,31-,33-,35?/m0/s1. The first-order valence-corrected chi connectivity index (χ1v) is 15.5. The number of aliphatic hydroxyl groups is 3. The molecule has 48 heavy (non-hydrogen) atoms. The summed E-state index contributed by atoms with van der Waals surface area (Å²) in [5.74, 6) is 11.0. The SMILES string of the molecule is CNC1[C@H](O[C@H]2CC(OC(=O)c3c(O)ccc4c(C)cc(CO)cc34)=C3C#CC4([C@H]5COC(=O)O5)O[C@@H]4C#CC=C32)OC(C)[C@H](O)[C@H]1O. The van der Waals surface area contributed by atoms with E-state index in [0.717, 1.165) is 5.56 Å². The maximum absolute atomic E-state index is 13.9. The van der Waals surface area contributed by atoms with E-state index in [0.29, 0.717) is 21.9 Å². The minimum Gasteiger partial charge on any atom is -0.507 e. The second-order valence-corrected chi connectivity index (χ2v) is 12.2. The lowest BCUT2D eigenvalue weighted by molar-refractivity contribution is -0.268. The number of ether oxygens (including phenoxy) is 6. The van der Waals surface area contributed by atoms with Crippen molar-refractivity contribution in [1.82, 2.24) is 5.32 Å². The highest BCUT2D eigenvalue weighted by Gasteiger charge is 2.65. The van der Waals surface area contributed by atoms with E-state index in [2.05, 4.69) is 29.0 Å². The highest BCUT2D eigenvalue weighted by molar-refractivity contribution is 6.08. The van der Waals surface area contributed by atoms with Gasteiger partial charge in [0.05, 0.1) is 30.4 Å². The molecule has 5 aliphatic rings. The number of allylic oxidation sites excluding steroid dienone is 1. The molecule has 0 radical (unpaired) electrons. The van der Waals surface area contributed by atoms with Crippen LogP contribution < -0.4 is 5.32 Å². The van der Waals surface area contributed by atoms with Gasteiger partial charge >= 0.3 is 12.1 Å². The number of phenols is 1. The van der Waals surface area contributed by atoms with Crippen molar-refractivity contribution in [1.29, 1.82) is 0 Å².